The van der Waals surface area contributed by atoms with Crippen molar-refractivity contribution in [1.29, 1.82) is 0 Å². The number of H-pyrrole nitrogens is 1. The van der Waals surface area contributed by atoms with Gasteiger partial charge in [-0.2, -0.15) is 15.4 Å². The molecular formula is C17H16FN5. The number of hydrazine groups is 1. The summed E-state index contributed by atoms with van der Waals surface area (Å²) in [5, 5.41) is 15.1. The van der Waals surface area contributed by atoms with Gasteiger partial charge in [0, 0.05) is 5.70 Å². The second kappa shape index (κ2) is 5.08. The summed E-state index contributed by atoms with van der Waals surface area (Å²) in [4.78, 5) is 0. The molecule has 1 unspecified atom stereocenters. The van der Waals surface area contributed by atoms with Crippen molar-refractivity contribution in [2.75, 3.05) is 10.0 Å². The predicted octanol–water partition coefficient (Wildman–Crippen LogP) is 3.63. The fourth-order valence-corrected chi connectivity index (χ4v) is 3.08. The lowest BCUT2D eigenvalue weighted by atomic mass is 10.2. The van der Waals surface area contributed by atoms with Crippen LogP contribution >= 0.6 is 0 Å². The Morgan fingerprint density at radius 2 is 1.70 bits per heavy atom. The molecule has 0 amide bonds. The van der Waals surface area contributed by atoms with Gasteiger partial charge >= 0.3 is 0 Å². The average Bonchev–Trinajstić information content (AvgIpc) is 3.11. The molecule has 0 spiro atoms. The Morgan fingerprint density at radius 1 is 1.00 bits per heavy atom. The highest BCUT2D eigenvalue weighted by molar-refractivity contribution is 5.80. The molecule has 6 heteroatoms. The molecule has 1 aliphatic heterocycles. The number of halogens is 1. The zero-order valence-electron chi connectivity index (χ0n) is 12.9. The fraction of sp³-hybridized carbons (Fsp3) is 0.176. The van der Waals surface area contributed by atoms with Crippen LogP contribution in [-0.2, 0) is 0 Å². The number of aromatic nitrogens is 3. The van der Waals surface area contributed by atoms with Crippen LogP contribution in [0.2, 0.25) is 0 Å². The molecule has 0 saturated heterocycles. The molecule has 1 atom stereocenters. The molecule has 2 aromatic carbocycles. The molecule has 3 aromatic rings. The van der Waals surface area contributed by atoms with Crippen LogP contribution in [0.5, 0.6) is 0 Å². The molecule has 0 radical (unpaired) electrons. The van der Waals surface area contributed by atoms with Crippen LogP contribution in [0.3, 0.4) is 0 Å². The van der Waals surface area contributed by atoms with Crippen molar-refractivity contribution in [3.63, 3.8) is 0 Å². The van der Waals surface area contributed by atoms with E-state index in [2.05, 4.69) is 45.4 Å². The standard InChI is InChI=1S/C17H16FN5/c1-11-9-12(2)23(22(11)14-5-3-13(18)4-6-14)15-7-8-16-17(10-15)20-21-19-16/h3-11H,1-2H3,(H,19,20,21). The molecule has 0 saturated carbocycles. The topological polar surface area (TPSA) is 48.0 Å². The number of benzene rings is 2. The highest BCUT2D eigenvalue weighted by Crippen LogP contribution is 2.34. The van der Waals surface area contributed by atoms with Gasteiger partial charge in [0.25, 0.3) is 0 Å². The maximum absolute atomic E-state index is 13.2. The van der Waals surface area contributed by atoms with E-state index in [1.54, 1.807) is 12.1 Å². The minimum atomic E-state index is -0.235. The quantitative estimate of drug-likeness (QED) is 0.785. The number of nitrogens with zero attached hydrogens (tertiary/aromatic N) is 4. The maximum Gasteiger partial charge on any atom is 0.123 e. The van der Waals surface area contributed by atoms with Crippen molar-refractivity contribution in [3.8, 4) is 0 Å². The largest absolute Gasteiger partial charge is 0.274 e. The summed E-state index contributed by atoms with van der Waals surface area (Å²) in [6.45, 7) is 4.18. The molecule has 116 valence electrons. The third kappa shape index (κ3) is 2.23. The van der Waals surface area contributed by atoms with Crippen molar-refractivity contribution < 1.29 is 4.39 Å². The van der Waals surface area contributed by atoms with E-state index in [1.165, 1.54) is 12.1 Å². The number of allylic oxidation sites excluding steroid dienone is 1. The Labute approximate surface area is 133 Å². The van der Waals surface area contributed by atoms with Crippen molar-refractivity contribution >= 4 is 22.4 Å². The van der Waals surface area contributed by atoms with E-state index >= 15 is 0 Å². The lowest BCUT2D eigenvalue weighted by Gasteiger charge is -2.36. The number of anilines is 2. The number of nitrogens with one attached hydrogen (secondary N) is 1. The van der Waals surface area contributed by atoms with Crippen LogP contribution < -0.4 is 10.0 Å². The summed E-state index contributed by atoms with van der Waals surface area (Å²) in [6, 6.07) is 12.7. The van der Waals surface area contributed by atoms with Crippen molar-refractivity contribution in [2.24, 2.45) is 0 Å². The van der Waals surface area contributed by atoms with E-state index < -0.39 is 0 Å². The third-order valence-corrected chi connectivity index (χ3v) is 4.05. The van der Waals surface area contributed by atoms with Gasteiger partial charge in [0.15, 0.2) is 0 Å². The number of rotatable bonds is 2. The van der Waals surface area contributed by atoms with Crippen molar-refractivity contribution in [1.82, 2.24) is 15.4 Å². The van der Waals surface area contributed by atoms with Crippen LogP contribution in [0.4, 0.5) is 15.8 Å². The van der Waals surface area contributed by atoms with Gasteiger partial charge in [0.1, 0.15) is 16.9 Å². The number of fused-ring (bicyclic) bond motifs is 1. The summed E-state index contributed by atoms with van der Waals surface area (Å²) < 4.78 is 13.2. The minimum Gasteiger partial charge on any atom is -0.274 e. The zero-order chi connectivity index (χ0) is 16.0. The van der Waals surface area contributed by atoms with E-state index in [4.69, 9.17) is 0 Å². The second-order valence-corrected chi connectivity index (χ2v) is 5.68. The molecule has 1 aromatic heterocycles. The second-order valence-electron chi connectivity index (χ2n) is 5.68. The summed E-state index contributed by atoms with van der Waals surface area (Å²) in [7, 11) is 0. The molecule has 0 fully saturated rings. The highest BCUT2D eigenvalue weighted by Gasteiger charge is 2.29. The first kappa shape index (κ1) is 13.8. The van der Waals surface area contributed by atoms with Gasteiger partial charge in [-0.1, -0.05) is 0 Å². The van der Waals surface area contributed by atoms with Gasteiger partial charge < -0.3 is 0 Å². The molecule has 1 aliphatic rings. The summed E-state index contributed by atoms with van der Waals surface area (Å²) in [6.07, 6.45) is 2.18. The molecule has 0 aliphatic carbocycles. The average molecular weight is 309 g/mol. The molecule has 5 nitrogen and oxygen atoms in total. The summed E-state index contributed by atoms with van der Waals surface area (Å²) in [5.74, 6) is -0.235. The Morgan fingerprint density at radius 3 is 2.48 bits per heavy atom. The Kier molecular flexibility index (Phi) is 3.04. The van der Waals surface area contributed by atoms with E-state index in [0.717, 1.165) is 28.1 Å². The van der Waals surface area contributed by atoms with Crippen LogP contribution in [0.1, 0.15) is 13.8 Å². The minimum absolute atomic E-state index is 0.175. The third-order valence-electron chi connectivity index (χ3n) is 4.05. The first-order chi connectivity index (χ1) is 11.1. The van der Waals surface area contributed by atoms with Crippen molar-refractivity contribution in [2.45, 2.75) is 19.9 Å². The van der Waals surface area contributed by atoms with Crippen LogP contribution in [0.15, 0.2) is 54.2 Å². The zero-order valence-corrected chi connectivity index (χ0v) is 12.9. The first-order valence-corrected chi connectivity index (χ1v) is 7.47. The monoisotopic (exact) mass is 309 g/mol. The molecule has 1 N–H and O–H groups in total. The Hall–Kier alpha value is -2.89. The van der Waals surface area contributed by atoms with Crippen LogP contribution in [0.25, 0.3) is 11.0 Å². The molecule has 0 bridgehead atoms. The molecule has 2 heterocycles. The van der Waals surface area contributed by atoms with Gasteiger partial charge in [0.2, 0.25) is 0 Å². The lowest BCUT2D eigenvalue weighted by Crippen LogP contribution is -2.41. The molecule has 23 heavy (non-hydrogen) atoms. The Bertz CT molecular complexity index is 883. The number of hydrogen-bond donors (Lipinski definition) is 1. The number of aromatic amines is 1. The molecular weight excluding hydrogens is 293 g/mol. The summed E-state index contributed by atoms with van der Waals surface area (Å²) in [5.41, 5.74) is 4.69. The van der Waals surface area contributed by atoms with E-state index in [9.17, 15) is 4.39 Å². The number of hydrogen-bond acceptors (Lipinski definition) is 4. The highest BCUT2D eigenvalue weighted by atomic mass is 19.1. The van der Waals surface area contributed by atoms with Crippen LogP contribution in [0, 0.1) is 5.82 Å². The fourth-order valence-electron chi connectivity index (χ4n) is 3.08. The lowest BCUT2D eigenvalue weighted by molar-refractivity contribution is 0.627. The van der Waals surface area contributed by atoms with Crippen LogP contribution in [-0.4, -0.2) is 21.5 Å². The van der Waals surface area contributed by atoms with Crippen molar-refractivity contribution in [3.05, 3.63) is 60.1 Å². The van der Waals surface area contributed by atoms with E-state index in [0.29, 0.717) is 0 Å². The predicted molar refractivity (Wildman–Crippen MR) is 88.5 cm³/mol. The normalized spacial score (nSPS) is 17.9. The van der Waals surface area contributed by atoms with E-state index in [1.807, 2.05) is 18.2 Å². The van der Waals surface area contributed by atoms with Gasteiger partial charge in [-0.25, -0.2) is 4.39 Å². The van der Waals surface area contributed by atoms with Gasteiger partial charge in [0.05, 0.1) is 17.4 Å². The smallest absolute Gasteiger partial charge is 0.123 e. The van der Waals surface area contributed by atoms with E-state index in [-0.39, 0.29) is 11.9 Å². The van der Waals surface area contributed by atoms with Gasteiger partial charge in [-0.3, -0.25) is 10.0 Å². The van der Waals surface area contributed by atoms with Gasteiger partial charge in [-0.05, 0) is 62.4 Å². The Balaban J connectivity index is 1.79. The maximum atomic E-state index is 13.2. The summed E-state index contributed by atoms with van der Waals surface area (Å²) >= 11 is 0. The SMILES string of the molecule is CC1=CC(C)N(c2ccc(F)cc2)N1c1ccc2n[nH]nc2c1. The molecule has 4 rings (SSSR count). The first-order valence-electron chi connectivity index (χ1n) is 7.47. The van der Waals surface area contributed by atoms with Gasteiger partial charge in [-0.15, -0.1) is 0 Å².